The average molecular weight is 511 g/mol. The van der Waals surface area contributed by atoms with E-state index in [4.69, 9.17) is 0 Å². The minimum absolute atomic E-state index is 0.0865. The summed E-state index contributed by atoms with van der Waals surface area (Å²) in [5, 5.41) is 7.78. The fourth-order valence-corrected chi connectivity index (χ4v) is 7.29. The SMILES string of the molecule is Cc1ccc2c(-c3ccc4ccccc4c3)c3ccccc3c(-c3cccc4c3C(C)(C)c3ccccc3-4)c2c1. The van der Waals surface area contributed by atoms with Crippen LogP contribution in [0.25, 0.3) is 65.7 Å². The summed E-state index contributed by atoms with van der Waals surface area (Å²) in [5.41, 5.74) is 12.0. The number of hydrogen-bond donors (Lipinski definition) is 0. The number of aryl methyl sites for hydroxylation is 1. The van der Waals surface area contributed by atoms with Gasteiger partial charge in [0.2, 0.25) is 0 Å². The highest BCUT2D eigenvalue weighted by Gasteiger charge is 2.37. The summed E-state index contributed by atoms with van der Waals surface area (Å²) < 4.78 is 0. The minimum Gasteiger partial charge on any atom is -0.0619 e. The van der Waals surface area contributed by atoms with Crippen LogP contribution in [0.2, 0.25) is 0 Å². The van der Waals surface area contributed by atoms with Crippen molar-refractivity contribution in [1.29, 1.82) is 0 Å². The molecule has 0 aromatic heterocycles. The van der Waals surface area contributed by atoms with Crippen molar-refractivity contribution in [2.24, 2.45) is 0 Å². The van der Waals surface area contributed by atoms with Gasteiger partial charge >= 0.3 is 0 Å². The Morgan fingerprint density at radius 2 is 1.10 bits per heavy atom. The lowest BCUT2D eigenvalue weighted by atomic mass is 9.76. The molecule has 0 fully saturated rings. The van der Waals surface area contributed by atoms with Crippen LogP contribution in [0, 0.1) is 6.92 Å². The van der Waals surface area contributed by atoms with E-state index in [9.17, 15) is 0 Å². The Kier molecular flexibility index (Phi) is 4.88. The Bertz CT molecular complexity index is 2140. The second kappa shape index (κ2) is 8.41. The van der Waals surface area contributed by atoms with Crippen molar-refractivity contribution >= 4 is 32.3 Å². The van der Waals surface area contributed by atoms with Gasteiger partial charge in [-0.1, -0.05) is 141 Å². The first-order valence-electron chi connectivity index (χ1n) is 14.2. The van der Waals surface area contributed by atoms with Gasteiger partial charge in [-0.25, -0.2) is 0 Å². The first-order valence-corrected chi connectivity index (χ1v) is 14.2. The number of hydrogen-bond acceptors (Lipinski definition) is 0. The number of benzene rings is 7. The minimum atomic E-state index is -0.0865. The molecule has 7 aromatic carbocycles. The van der Waals surface area contributed by atoms with Crippen LogP contribution in [-0.4, -0.2) is 0 Å². The molecule has 0 heterocycles. The molecule has 7 aromatic rings. The molecule has 0 aliphatic heterocycles. The molecule has 0 amide bonds. The summed E-state index contributed by atoms with van der Waals surface area (Å²) in [6, 6.07) is 47.4. The summed E-state index contributed by atoms with van der Waals surface area (Å²) in [5.74, 6) is 0. The lowest BCUT2D eigenvalue weighted by Gasteiger charge is -2.26. The van der Waals surface area contributed by atoms with Crippen LogP contribution in [0.15, 0.2) is 127 Å². The van der Waals surface area contributed by atoms with Crippen LogP contribution >= 0.6 is 0 Å². The molecule has 0 spiro atoms. The number of rotatable bonds is 2. The Morgan fingerprint density at radius 1 is 0.450 bits per heavy atom. The summed E-state index contributed by atoms with van der Waals surface area (Å²) in [7, 11) is 0. The standard InChI is InChI=1S/C40H30/c1-25-19-22-32-35(23-25)38(34-17-10-16-33-29-13-8-9-18-36(29)40(2,3)39(33)34)31-15-7-6-14-30(31)37(32)28-21-20-26-11-4-5-12-27(26)24-28/h4-24H,1-3H3. The van der Waals surface area contributed by atoms with Gasteiger partial charge in [-0.3, -0.25) is 0 Å². The highest BCUT2D eigenvalue weighted by molar-refractivity contribution is 6.22. The van der Waals surface area contributed by atoms with E-state index < -0.39 is 0 Å². The van der Waals surface area contributed by atoms with Gasteiger partial charge in [-0.05, 0) is 89.8 Å². The quantitative estimate of drug-likeness (QED) is 0.203. The molecule has 0 bridgehead atoms. The number of fused-ring (bicyclic) bond motifs is 6. The zero-order valence-corrected chi connectivity index (χ0v) is 23.1. The van der Waals surface area contributed by atoms with Crippen LogP contribution in [-0.2, 0) is 5.41 Å². The maximum absolute atomic E-state index is 2.40. The summed E-state index contributed by atoms with van der Waals surface area (Å²) >= 11 is 0. The van der Waals surface area contributed by atoms with Gasteiger partial charge in [0.05, 0.1) is 0 Å². The zero-order valence-electron chi connectivity index (χ0n) is 23.1. The highest BCUT2D eigenvalue weighted by Crippen LogP contribution is 2.54. The van der Waals surface area contributed by atoms with Gasteiger partial charge < -0.3 is 0 Å². The van der Waals surface area contributed by atoms with E-state index in [1.807, 2.05) is 0 Å². The van der Waals surface area contributed by atoms with Crippen LogP contribution in [0.4, 0.5) is 0 Å². The monoisotopic (exact) mass is 510 g/mol. The Labute approximate surface area is 235 Å². The van der Waals surface area contributed by atoms with Gasteiger partial charge in [0.1, 0.15) is 0 Å². The highest BCUT2D eigenvalue weighted by atomic mass is 14.4. The Balaban J connectivity index is 1.52. The first kappa shape index (κ1) is 23.2. The van der Waals surface area contributed by atoms with Crippen LogP contribution in [0.3, 0.4) is 0 Å². The molecule has 0 unspecified atom stereocenters. The van der Waals surface area contributed by atoms with Crippen molar-refractivity contribution in [3.05, 3.63) is 144 Å². The molecule has 1 aliphatic rings. The van der Waals surface area contributed by atoms with E-state index in [1.165, 1.54) is 82.4 Å². The van der Waals surface area contributed by atoms with Crippen LogP contribution in [0.5, 0.6) is 0 Å². The second-order valence-corrected chi connectivity index (χ2v) is 11.8. The molecule has 1 aliphatic carbocycles. The van der Waals surface area contributed by atoms with E-state index in [2.05, 4.69) is 148 Å². The van der Waals surface area contributed by atoms with Crippen molar-refractivity contribution in [3.8, 4) is 33.4 Å². The van der Waals surface area contributed by atoms with Crippen LogP contribution in [0.1, 0.15) is 30.5 Å². The van der Waals surface area contributed by atoms with Gasteiger partial charge in [0.25, 0.3) is 0 Å². The third-order valence-electron chi connectivity index (χ3n) is 9.07. The maximum atomic E-state index is 2.40. The molecule has 0 radical (unpaired) electrons. The van der Waals surface area contributed by atoms with Crippen molar-refractivity contribution in [2.75, 3.05) is 0 Å². The van der Waals surface area contributed by atoms with Gasteiger partial charge in [0.15, 0.2) is 0 Å². The molecule has 0 heteroatoms. The second-order valence-electron chi connectivity index (χ2n) is 11.8. The average Bonchev–Trinajstić information content (AvgIpc) is 3.22. The smallest absolute Gasteiger partial charge is 0.0165 e. The van der Waals surface area contributed by atoms with E-state index in [1.54, 1.807) is 0 Å². The molecule has 0 atom stereocenters. The van der Waals surface area contributed by atoms with Gasteiger partial charge in [-0.2, -0.15) is 0 Å². The van der Waals surface area contributed by atoms with Crippen molar-refractivity contribution < 1.29 is 0 Å². The fraction of sp³-hybridized carbons (Fsp3) is 0.100. The molecular weight excluding hydrogens is 480 g/mol. The lowest BCUT2D eigenvalue weighted by molar-refractivity contribution is 0.662. The van der Waals surface area contributed by atoms with Crippen molar-refractivity contribution in [3.63, 3.8) is 0 Å². The Hall–Kier alpha value is -4.68. The predicted octanol–water partition coefficient (Wildman–Crippen LogP) is 11.1. The zero-order chi connectivity index (χ0) is 27.0. The van der Waals surface area contributed by atoms with Crippen LogP contribution < -0.4 is 0 Å². The van der Waals surface area contributed by atoms with Crippen molar-refractivity contribution in [1.82, 2.24) is 0 Å². The van der Waals surface area contributed by atoms with E-state index in [-0.39, 0.29) is 5.41 Å². The predicted molar refractivity (Wildman–Crippen MR) is 172 cm³/mol. The normalized spacial score (nSPS) is 13.6. The van der Waals surface area contributed by atoms with Gasteiger partial charge in [0, 0.05) is 5.41 Å². The molecule has 190 valence electrons. The molecule has 0 nitrogen and oxygen atoms in total. The third-order valence-corrected chi connectivity index (χ3v) is 9.07. The maximum Gasteiger partial charge on any atom is 0.0165 e. The third kappa shape index (κ3) is 3.20. The Morgan fingerprint density at radius 3 is 1.95 bits per heavy atom. The summed E-state index contributed by atoms with van der Waals surface area (Å²) in [6.07, 6.45) is 0. The molecule has 0 saturated carbocycles. The van der Waals surface area contributed by atoms with Gasteiger partial charge in [-0.15, -0.1) is 0 Å². The summed E-state index contributed by atoms with van der Waals surface area (Å²) in [4.78, 5) is 0. The van der Waals surface area contributed by atoms with E-state index >= 15 is 0 Å². The molecular formula is C40H30. The molecule has 8 rings (SSSR count). The summed E-state index contributed by atoms with van der Waals surface area (Å²) in [6.45, 7) is 6.99. The van der Waals surface area contributed by atoms with E-state index in [0.717, 1.165) is 0 Å². The topological polar surface area (TPSA) is 0 Å². The first-order chi connectivity index (χ1) is 19.5. The fourth-order valence-electron chi connectivity index (χ4n) is 7.29. The lowest BCUT2D eigenvalue weighted by Crippen LogP contribution is -2.16. The largest absolute Gasteiger partial charge is 0.0619 e. The molecule has 40 heavy (non-hydrogen) atoms. The van der Waals surface area contributed by atoms with E-state index in [0.29, 0.717) is 0 Å². The molecule has 0 saturated heterocycles. The molecule has 0 N–H and O–H groups in total. The van der Waals surface area contributed by atoms with Crippen molar-refractivity contribution in [2.45, 2.75) is 26.2 Å².